The predicted octanol–water partition coefficient (Wildman–Crippen LogP) is 7.12. The highest BCUT2D eigenvalue weighted by Gasteiger charge is 2.49. The van der Waals surface area contributed by atoms with Gasteiger partial charge in [0, 0.05) is 36.3 Å². The van der Waals surface area contributed by atoms with Crippen LogP contribution in [0.2, 0.25) is 0 Å². The van der Waals surface area contributed by atoms with E-state index in [1.165, 1.54) is 0 Å². The van der Waals surface area contributed by atoms with Crippen molar-refractivity contribution in [2.45, 2.75) is 17.7 Å². The van der Waals surface area contributed by atoms with Crippen molar-refractivity contribution in [3.8, 4) is 11.5 Å². The Kier molecular flexibility index (Phi) is 7.26. The smallest absolute Gasteiger partial charge is 0.226 e. The van der Waals surface area contributed by atoms with E-state index in [-0.39, 0.29) is 6.10 Å². The molecule has 7 nitrogen and oxygen atoms in total. The van der Waals surface area contributed by atoms with Crippen LogP contribution in [-0.2, 0) is 30.5 Å². The lowest BCUT2D eigenvalue weighted by molar-refractivity contribution is -0.184. The number of benzene rings is 5. The van der Waals surface area contributed by atoms with E-state index in [1.54, 1.807) is 28.4 Å². The first-order valence-electron chi connectivity index (χ1n) is 14.7. The summed E-state index contributed by atoms with van der Waals surface area (Å²) in [6.07, 6.45) is -0.299. The first-order valence-corrected chi connectivity index (χ1v) is 14.7. The topological polar surface area (TPSA) is 58.6 Å². The summed E-state index contributed by atoms with van der Waals surface area (Å²) in [4.78, 5) is 2.26. The Morgan fingerprint density at radius 3 is 2.20 bits per heavy atom. The molecule has 0 radical (unpaired) electrons. The van der Waals surface area contributed by atoms with Crippen molar-refractivity contribution in [2.24, 2.45) is 0 Å². The van der Waals surface area contributed by atoms with E-state index < -0.39 is 11.6 Å². The molecular formula is C37H35NO6. The number of para-hydroxylation sites is 1. The Morgan fingerprint density at radius 1 is 0.705 bits per heavy atom. The van der Waals surface area contributed by atoms with E-state index in [9.17, 15) is 0 Å². The highest BCUT2D eigenvalue weighted by atomic mass is 16.7. The number of rotatable bonds is 8. The average molecular weight is 590 g/mol. The molecule has 5 aromatic rings. The number of methoxy groups -OCH3 is 4. The Hall–Kier alpha value is -4.40. The molecule has 224 valence electrons. The molecule has 0 amide bonds. The first-order chi connectivity index (χ1) is 21.6. The van der Waals surface area contributed by atoms with Crippen LogP contribution in [0.1, 0.15) is 22.3 Å². The van der Waals surface area contributed by atoms with Crippen molar-refractivity contribution in [1.29, 1.82) is 0 Å². The fourth-order valence-corrected chi connectivity index (χ4v) is 6.76. The third-order valence-electron chi connectivity index (χ3n) is 8.76. The second-order valence-electron chi connectivity index (χ2n) is 10.9. The van der Waals surface area contributed by atoms with Crippen LogP contribution in [-0.4, -0.2) is 47.7 Å². The second kappa shape index (κ2) is 11.3. The van der Waals surface area contributed by atoms with Gasteiger partial charge in [0.05, 0.1) is 44.3 Å². The van der Waals surface area contributed by atoms with Gasteiger partial charge < -0.3 is 33.3 Å². The van der Waals surface area contributed by atoms with E-state index >= 15 is 0 Å². The molecule has 44 heavy (non-hydrogen) atoms. The van der Waals surface area contributed by atoms with Gasteiger partial charge in [0.25, 0.3) is 0 Å². The summed E-state index contributed by atoms with van der Waals surface area (Å²) in [5.41, 5.74) is 5.39. The number of nitrogens with zero attached hydrogens (tertiary/aromatic N) is 1. The maximum absolute atomic E-state index is 7.06. The quantitative estimate of drug-likeness (QED) is 0.179. The zero-order valence-corrected chi connectivity index (χ0v) is 25.3. The van der Waals surface area contributed by atoms with Gasteiger partial charge in [0.2, 0.25) is 11.6 Å². The molecule has 2 aliphatic heterocycles. The lowest BCUT2D eigenvalue weighted by atomic mass is 9.88. The SMILES string of the molecule is COc1ccc2c(c1)C(OC)(OC)c1ccccc1N2CC1COC(c2ccccc2)(c2ccc3ccccc3c2OC)O1. The normalized spacial score (nSPS) is 20.3. The molecule has 2 heterocycles. The van der Waals surface area contributed by atoms with Gasteiger partial charge in [0.15, 0.2) is 0 Å². The molecule has 2 aliphatic rings. The van der Waals surface area contributed by atoms with Crippen molar-refractivity contribution in [3.63, 3.8) is 0 Å². The minimum Gasteiger partial charge on any atom is -0.497 e. The van der Waals surface area contributed by atoms with Gasteiger partial charge in [-0.25, -0.2) is 0 Å². The molecule has 1 fully saturated rings. The van der Waals surface area contributed by atoms with Gasteiger partial charge in [0.1, 0.15) is 17.6 Å². The molecule has 0 saturated carbocycles. The minimum absolute atomic E-state index is 0.299. The Labute approximate surface area is 257 Å². The van der Waals surface area contributed by atoms with Crippen LogP contribution in [0.4, 0.5) is 11.4 Å². The van der Waals surface area contributed by atoms with Crippen molar-refractivity contribution in [2.75, 3.05) is 46.5 Å². The van der Waals surface area contributed by atoms with Crippen LogP contribution < -0.4 is 14.4 Å². The van der Waals surface area contributed by atoms with Crippen LogP contribution in [0.3, 0.4) is 0 Å². The van der Waals surface area contributed by atoms with Gasteiger partial charge in [-0.2, -0.15) is 0 Å². The molecular weight excluding hydrogens is 554 g/mol. The molecule has 0 N–H and O–H groups in total. The van der Waals surface area contributed by atoms with Gasteiger partial charge >= 0.3 is 0 Å². The number of fused-ring (bicyclic) bond motifs is 3. The molecule has 0 aliphatic carbocycles. The van der Waals surface area contributed by atoms with Crippen LogP contribution in [0.25, 0.3) is 10.8 Å². The number of ether oxygens (including phenoxy) is 6. The maximum Gasteiger partial charge on any atom is 0.226 e. The lowest BCUT2D eigenvalue weighted by Gasteiger charge is -2.44. The van der Waals surface area contributed by atoms with E-state index in [2.05, 4.69) is 35.2 Å². The van der Waals surface area contributed by atoms with Gasteiger partial charge in [-0.05, 0) is 35.7 Å². The van der Waals surface area contributed by atoms with Crippen LogP contribution in [0.5, 0.6) is 11.5 Å². The summed E-state index contributed by atoms with van der Waals surface area (Å²) >= 11 is 0. The molecule has 0 spiro atoms. The Bertz CT molecular complexity index is 1800. The van der Waals surface area contributed by atoms with Crippen molar-refractivity contribution < 1.29 is 28.4 Å². The molecule has 5 aromatic carbocycles. The Morgan fingerprint density at radius 2 is 1.43 bits per heavy atom. The molecule has 2 atom stereocenters. The summed E-state index contributed by atoms with van der Waals surface area (Å²) in [5.74, 6) is -0.815. The molecule has 2 unspecified atom stereocenters. The van der Waals surface area contributed by atoms with Crippen LogP contribution >= 0.6 is 0 Å². The lowest BCUT2D eigenvalue weighted by Crippen LogP contribution is -2.42. The van der Waals surface area contributed by atoms with Gasteiger partial charge in [-0.15, -0.1) is 0 Å². The first kappa shape index (κ1) is 28.4. The second-order valence-corrected chi connectivity index (χ2v) is 10.9. The molecule has 0 aromatic heterocycles. The average Bonchev–Trinajstić information content (AvgIpc) is 3.53. The number of hydrogen-bond acceptors (Lipinski definition) is 7. The summed E-state index contributed by atoms with van der Waals surface area (Å²) in [7, 11) is 6.69. The maximum atomic E-state index is 7.06. The monoisotopic (exact) mass is 589 g/mol. The third-order valence-corrected chi connectivity index (χ3v) is 8.76. The molecule has 7 heteroatoms. The minimum atomic E-state index is -1.16. The fraction of sp³-hybridized carbons (Fsp3) is 0.243. The van der Waals surface area contributed by atoms with Crippen molar-refractivity contribution in [3.05, 3.63) is 131 Å². The zero-order valence-electron chi connectivity index (χ0n) is 25.3. The van der Waals surface area contributed by atoms with E-state index in [0.717, 1.165) is 50.2 Å². The molecule has 0 bridgehead atoms. The summed E-state index contributed by atoms with van der Waals surface area (Å²) in [5, 5.41) is 2.09. The fourth-order valence-electron chi connectivity index (χ4n) is 6.76. The van der Waals surface area contributed by atoms with Crippen molar-refractivity contribution in [1.82, 2.24) is 0 Å². The Balaban J connectivity index is 1.33. The van der Waals surface area contributed by atoms with Crippen LogP contribution in [0, 0.1) is 0 Å². The third kappa shape index (κ3) is 4.27. The summed E-state index contributed by atoms with van der Waals surface area (Å²) in [6, 6.07) is 36.6. The molecule has 1 saturated heterocycles. The van der Waals surface area contributed by atoms with E-state index in [4.69, 9.17) is 28.4 Å². The zero-order chi connectivity index (χ0) is 30.3. The standard InChI is InChI=1S/C37H35NO6/c1-39-27-19-21-34-32(22-27)37(41-3,42-4)30-16-10-11-17-33(30)38(34)23-28-24-43-36(44-28,26-13-6-5-7-14-26)31-20-18-25-12-8-9-15-29(25)35(31)40-2/h5-22,28H,23-24H2,1-4H3. The van der Waals surface area contributed by atoms with Gasteiger partial charge in [-0.1, -0.05) is 78.9 Å². The number of anilines is 2. The number of hydrogen-bond donors (Lipinski definition) is 0. The molecule has 7 rings (SSSR count). The van der Waals surface area contributed by atoms with E-state index in [1.807, 2.05) is 78.9 Å². The van der Waals surface area contributed by atoms with E-state index in [0.29, 0.717) is 18.9 Å². The highest BCUT2D eigenvalue weighted by molar-refractivity contribution is 5.90. The van der Waals surface area contributed by atoms with Crippen molar-refractivity contribution >= 4 is 22.1 Å². The van der Waals surface area contributed by atoms with Gasteiger partial charge in [-0.3, -0.25) is 0 Å². The summed E-state index contributed by atoms with van der Waals surface area (Å²) in [6.45, 7) is 0.888. The summed E-state index contributed by atoms with van der Waals surface area (Å²) < 4.78 is 37.8. The predicted molar refractivity (Wildman–Crippen MR) is 170 cm³/mol. The largest absolute Gasteiger partial charge is 0.497 e. The highest BCUT2D eigenvalue weighted by Crippen LogP contribution is 2.52. The van der Waals surface area contributed by atoms with Crippen LogP contribution in [0.15, 0.2) is 109 Å².